The summed E-state index contributed by atoms with van der Waals surface area (Å²) in [6.45, 7) is 4.16. The van der Waals surface area contributed by atoms with Crippen LogP contribution in [-0.2, 0) is 0 Å². The van der Waals surface area contributed by atoms with Crippen molar-refractivity contribution in [2.24, 2.45) is 5.73 Å². The minimum absolute atomic E-state index is 0.0953. The fourth-order valence-corrected chi connectivity index (χ4v) is 3.08. The number of aromatic nitrogens is 1. The van der Waals surface area contributed by atoms with Crippen molar-refractivity contribution < 1.29 is 0 Å². The van der Waals surface area contributed by atoms with Crippen molar-refractivity contribution in [1.29, 1.82) is 0 Å². The van der Waals surface area contributed by atoms with Gasteiger partial charge in [0.25, 0.3) is 0 Å². The van der Waals surface area contributed by atoms with Crippen LogP contribution in [0.4, 0.5) is 0 Å². The molecule has 3 heteroatoms. The molecule has 2 atom stereocenters. The van der Waals surface area contributed by atoms with E-state index in [1.54, 1.807) is 0 Å². The van der Waals surface area contributed by atoms with Gasteiger partial charge in [0, 0.05) is 28.6 Å². The van der Waals surface area contributed by atoms with Crippen molar-refractivity contribution in [1.82, 2.24) is 4.98 Å². The van der Waals surface area contributed by atoms with E-state index in [-0.39, 0.29) is 11.3 Å². The maximum atomic E-state index is 6.11. The minimum Gasteiger partial charge on any atom is -0.327 e. The Labute approximate surface area is 113 Å². The first-order valence-electron chi connectivity index (χ1n) is 6.05. The van der Waals surface area contributed by atoms with Gasteiger partial charge >= 0.3 is 0 Å². The van der Waals surface area contributed by atoms with Crippen LogP contribution in [0.1, 0.15) is 23.3 Å². The van der Waals surface area contributed by atoms with Gasteiger partial charge in [-0.1, -0.05) is 17.7 Å². The van der Waals surface area contributed by atoms with E-state index in [0.717, 1.165) is 0 Å². The minimum atomic E-state index is 0.0953. The monoisotopic (exact) mass is 258 g/mol. The van der Waals surface area contributed by atoms with Crippen molar-refractivity contribution >= 4 is 11.8 Å². The second-order valence-electron chi connectivity index (χ2n) is 4.49. The first-order valence-corrected chi connectivity index (χ1v) is 6.93. The summed E-state index contributed by atoms with van der Waals surface area (Å²) >= 11 is 1.81. The van der Waals surface area contributed by atoms with Gasteiger partial charge in [-0.15, -0.1) is 11.8 Å². The molecule has 1 aromatic heterocycles. The zero-order valence-corrected chi connectivity index (χ0v) is 11.5. The lowest BCUT2D eigenvalue weighted by molar-refractivity contribution is 0.720. The molecule has 2 aromatic rings. The molecule has 0 amide bonds. The van der Waals surface area contributed by atoms with Crippen LogP contribution < -0.4 is 5.73 Å². The molecule has 94 valence electrons. The SMILES string of the molecule is Cc1cccc(SC(c2ccncc2)C(C)N)c1. The third-order valence-corrected chi connectivity index (χ3v) is 4.25. The molecule has 0 saturated carbocycles. The van der Waals surface area contributed by atoms with E-state index in [9.17, 15) is 0 Å². The molecular formula is C15H18N2S. The number of rotatable bonds is 4. The van der Waals surface area contributed by atoms with Crippen molar-refractivity contribution in [3.05, 3.63) is 59.9 Å². The second kappa shape index (κ2) is 6.03. The van der Waals surface area contributed by atoms with E-state index >= 15 is 0 Å². The standard InChI is InChI=1S/C15H18N2S/c1-11-4-3-5-14(10-11)18-15(12(2)16)13-6-8-17-9-7-13/h3-10,12,15H,16H2,1-2H3. The van der Waals surface area contributed by atoms with Gasteiger partial charge in [0.1, 0.15) is 0 Å². The Morgan fingerprint density at radius 2 is 1.89 bits per heavy atom. The molecule has 0 saturated heterocycles. The molecule has 0 aliphatic rings. The molecule has 1 aromatic carbocycles. The zero-order chi connectivity index (χ0) is 13.0. The number of nitrogens with zero attached hydrogens (tertiary/aromatic N) is 1. The Morgan fingerprint density at radius 3 is 2.50 bits per heavy atom. The summed E-state index contributed by atoms with van der Waals surface area (Å²) in [5, 5.41) is 0.259. The molecular weight excluding hydrogens is 240 g/mol. The van der Waals surface area contributed by atoms with Crippen molar-refractivity contribution in [2.75, 3.05) is 0 Å². The van der Waals surface area contributed by atoms with E-state index in [1.807, 2.05) is 43.2 Å². The summed E-state index contributed by atoms with van der Waals surface area (Å²) in [6.07, 6.45) is 3.64. The third-order valence-electron chi connectivity index (χ3n) is 2.76. The highest BCUT2D eigenvalue weighted by molar-refractivity contribution is 7.99. The van der Waals surface area contributed by atoms with Gasteiger partial charge < -0.3 is 5.73 Å². The van der Waals surface area contributed by atoms with Crippen LogP contribution in [-0.4, -0.2) is 11.0 Å². The first kappa shape index (κ1) is 13.1. The molecule has 2 rings (SSSR count). The molecule has 2 nitrogen and oxygen atoms in total. The molecule has 0 fully saturated rings. The Bertz CT molecular complexity index is 497. The molecule has 0 bridgehead atoms. The number of pyridine rings is 1. The zero-order valence-electron chi connectivity index (χ0n) is 10.7. The first-order chi connectivity index (χ1) is 8.66. The molecule has 1 heterocycles. The molecule has 2 unspecified atom stereocenters. The molecule has 18 heavy (non-hydrogen) atoms. The smallest absolute Gasteiger partial charge is 0.0493 e. The van der Waals surface area contributed by atoms with Crippen molar-refractivity contribution in [3.8, 4) is 0 Å². The van der Waals surface area contributed by atoms with Crippen LogP contribution in [0.2, 0.25) is 0 Å². The predicted molar refractivity (Wildman–Crippen MR) is 77.7 cm³/mol. The number of hydrogen-bond donors (Lipinski definition) is 1. The number of hydrogen-bond acceptors (Lipinski definition) is 3. The van der Waals surface area contributed by atoms with Crippen LogP contribution >= 0.6 is 11.8 Å². The van der Waals surface area contributed by atoms with Gasteiger partial charge in [-0.05, 0) is 43.7 Å². The quantitative estimate of drug-likeness (QED) is 0.852. The van der Waals surface area contributed by atoms with Crippen LogP contribution in [0, 0.1) is 6.92 Å². The fraction of sp³-hybridized carbons (Fsp3) is 0.267. The summed E-state index contributed by atoms with van der Waals surface area (Å²) < 4.78 is 0. The highest BCUT2D eigenvalue weighted by atomic mass is 32.2. The van der Waals surface area contributed by atoms with E-state index in [4.69, 9.17) is 5.73 Å². The Kier molecular flexibility index (Phi) is 4.39. The third kappa shape index (κ3) is 3.34. The van der Waals surface area contributed by atoms with Gasteiger partial charge in [-0.2, -0.15) is 0 Å². The molecule has 0 spiro atoms. The normalized spacial score (nSPS) is 14.2. The van der Waals surface area contributed by atoms with E-state index in [0.29, 0.717) is 0 Å². The van der Waals surface area contributed by atoms with Crippen molar-refractivity contribution in [2.45, 2.75) is 30.0 Å². The van der Waals surface area contributed by atoms with Crippen LogP contribution in [0.3, 0.4) is 0 Å². The van der Waals surface area contributed by atoms with Gasteiger partial charge in [-0.3, -0.25) is 4.98 Å². The molecule has 0 aliphatic heterocycles. The number of thioether (sulfide) groups is 1. The van der Waals surface area contributed by atoms with E-state index in [1.165, 1.54) is 16.0 Å². The summed E-state index contributed by atoms with van der Waals surface area (Å²) in [5.41, 5.74) is 8.62. The lowest BCUT2D eigenvalue weighted by Crippen LogP contribution is -2.22. The van der Waals surface area contributed by atoms with Gasteiger partial charge in [0.15, 0.2) is 0 Å². The number of aryl methyl sites for hydroxylation is 1. The van der Waals surface area contributed by atoms with Gasteiger partial charge in [-0.25, -0.2) is 0 Å². The van der Waals surface area contributed by atoms with Crippen LogP contribution in [0.15, 0.2) is 53.7 Å². The summed E-state index contributed by atoms with van der Waals surface area (Å²) in [5.74, 6) is 0. The highest BCUT2D eigenvalue weighted by Gasteiger charge is 2.17. The maximum absolute atomic E-state index is 6.11. The van der Waals surface area contributed by atoms with Crippen LogP contribution in [0.5, 0.6) is 0 Å². The molecule has 0 radical (unpaired) electrons. The Morgan fingerprint density at radius 1 is 1.17 bits per heavy atom. The highest BCUT2D eigenvalue weighted by Crippen LogP contribution is 2.37. The van der Waals surface area contributed by atoms with E-state index < -0.39 is 0 Å². The summed E-state index contributed by atoms with van der Waals surface area (Å²) in [6, 6.07) is 12.7. The predicted octanol–water partition coefficient (Wildman–Crippen LogP) is 3.57. The van der Waals surface area contributed by atoms with Crippen LogP contribution in [0.25, 0.3) is 0 Å². The average Bonchev–Trinajstić information content (AvgIpc) is 2.37. The Hall–Kier alpha value is -1.32. The fourth-order valence-electron chi connectivity index (χ4n) is 1.87. The topological polar surface area (TPSA) is 38.9 Å². The summed E-state index contributed by atoms with van der Waals surface area (Å²) in [4.78, 5) is 5.32. The lowest BCUT2D eigenvalue weighted by Gasteiger charge is -2.20. The largest absolute Gasteiger partial charge is 0.327 e. The van der Waals surface area contributed by atoms with Gasteiger partial charge in [0.2, 0.25) is 0 Å². The van der Waals surface area contributed by atoms with Crippen molar-refractivity contribution in [3.63, 3.8) is 0 Å². The molecule has 2 N–H and O–H groups in total. The lowest BCUT2D eigenvalue weighted by atomic mass is 10.1. The molecule has 0 aliphatic carbocycles. The number of nitrogens with two attached hydrogens (primary N) is 1. The van der Waals surface area contributed by atoms with E-state index in [2.05, 4.69) is 36.2 Å². The second-order valence-corrected chi connectivity index (χ2v) is 5.71. The average molecular weight is 258 g/mol. The number of benzene rings is 1. The van der Waals surface area contributed by atoms with Gasteiger partial charge in [0.05, 0.1) is 0 Å². The summed E-state index contributed by atoms with van der Waals surface area (Å²) in [7, 11) is 0. The maximum Gasteiger partial charge on any atom is 0.0493 e. The Balaban J connectivity index is 2.22.